The first kappa shape index (κ1) is 14.7. The molecule has 0 saturated carbocycles. The molecule has 2 N–H and O–H groups in total. The molecule has 2 bridgehead atoms. The molecule has 2 unspecified atom stereocenters. The van der Waals surface area contributed by atoms with Crippen molar-refractivity contribution >= 4 is 35.5 Å². The normalized spacial score (nSPS) is 27.7. The maximum atomic E-state index is 11.5. The van der Waals surface area contributed by atoms with E-state index in [-0.39, 0.29) is 11.5 Å². The zero-order valence-electron chi connectivity index (χ0n) is 11.4. The third kappa shape index (κ3) is 2.51. The zero-order valence-corrected chi connectivity index (χ0v) is 12.9. The molecule has 1 aromatic carbocycles. The van der Waals surface area contributed by atoms with E-state index in [9.17, 15) is 9.90 Å². The summed E-state index contributed by atoms with van der Waals surface area (Å²) >= 11 is 12.2. The Morgan fingerprint density at radius 3 is 2.43 bits per heavy atom. The molecule has 6 heteroatoms. The summed E-state index contributed by atoms with van der Waals surface area (Å²) in [6.07, 6.45) is 5.22. The average molecular weight is 327 g/mol. The number of piperidine rings is 1. The topological polar surface area (TPSA) is 64.4 Å². The largest absolute Gasteiger partial charge is 0.478 e. The van der Waals surface area contributed by atoms with Gasteiger partial charge in [-0.3, -0.25) is 5.41 Å². The third-order valence-corrected chi connectivity index (χ3v) is 5.20. The highest BCUT2D eigenvalue weighted by Crippen LogP contribution is 2.45. The minimum atomic E-state index is -0.990. The number of aromatic carboxylic acids is 1. The molecule has 2 heterocycles. The molecule has 3 rings (SSSR count). The van der Waals surface area contributed by atoms with Gasteiger partial charge in [0.15, 0.2) is 0 Å². The second-order valence-electron chi connectivity index (χ2n) is 5.78. The van der Waals surface area contributed by atoms with Gasteiger partial charge >= 0.3 is 5.97 Å². The fourth-order valence-corrected chi connectivity index (χ4v) is 4.48. The summed E-state index contributed by atoms with van der Waals surface area (Å²) in [6, 6.07) is 3.74. The Morgan fingerprint density at radius 2 is 1.90 bits per heavy atom. The van der Waals surface area contributed by atoms with Crippen LogP contribution in [0.3, 0.4) is 0 Å². The molecule has 112 valence electrons. The number of hydrogen-bond donors (Lipinski definition) is 2. The van der Waals surface area contributed by atoms with E-state index in [1.165, 1.54) is 12.4 Å². The zero-order chi connectivity index (χ0) is 15.1. The quantitative estimate of drug-likeness (QED) is 0.651. The fourth-order valence-electron chi connectivity index (χ4n) is 3.84. The van der Waals surface area contributed by atoms with E-state index in [2.05, 4.69) is 4.90 Å². The van der Waals surface area contributed by atoms with Gasteiger partial charge in [0.25, 0.3) is 0 Å². The minimum Gasteiger partial charge on any atom is -0.478 e. The second kappa shape index (κ2) is 5.50. The Kier molecular flexibility index (Phi) is 3.84. The molecular formula is C15H16Cl2N2O2. The molecule has 2 aliphatic heterocycles. The van der Waals surface area contributed by atoms with Crippen molar-refractivity contribution in [3.05, 3.63) is 33.3 Å². The van der Waals surface area contributed by atoms with Crippen molar-refractivity contribution in [2.45, 2.75) is 43.7 Å². The number of fused-ring (bicyclic) bond motifs is 2. The molecule has 0 radical (unpaired) electrons. The van der Waals surface area contributed by atoms with Crippen molar-refractivity contribution in [3.8, 4) is 0 Å². The van der Waals surface area contributed by atoms with Crippen LogP contribution >= 0.6 is 23.2 Å². The van der Waals surface area contributed by atoms with Gasteiger partial charge < -0.3 is 10.0 Å². The Hall–Kier alpha value is -1.26. The Labute approximate surface area is 133 Å². The van der Waals surface area contributed by atoms with Gasteiger partial charge in [-0.1, -0.05) is 23.2 Å². The predicted molar refractivity (Wildman–Crippen MR) is 82.8 cm³/mol. The standard InChI is InChI=1S/C15H16Cl2N2O2/c16-9-5-12(15(20)21)14(13(17)6-9)8-3-10-1-2-11(4-8)19(10)7-18/h5-8,10-11,18H,1-4H2,(H,20,21). The van der Waals surface area contributed by atoms with Gasteiger partial charge in [0, 0.05) is 22.1 Å². The summed E-state index contributed by atoms with van der Waals surface area (Å²) in [5, 5.41) is 17.7. The van der Waals surface area contributed by atoms with E-state index >= 15 is 0 Å². The van der Waals surface area contributed by atoms with Crippen molar-refractivity contribution in [1.82, 2.24) is 4.90 Å². The highest BCUT2D eigenvalue weighted by Gasteiger charge is 2.41. The highest BCUT2D eigenvalue weighted by atomic mass is 35.5. The SMILES string of the molecule is N=CN1C2CCC1CC(c1c(Cl)cc(Cl)cc1C(=O)O)C2. The highest BCUT2D eigenvalue weighted by molar-refractivity contribution is 6.35. The van der Waals surface area contributed by atoms with Crippen LogP contribution in [0.25, 0.3) is 0 Å². The third-order valence-electron chi connectivity index (χ3n) is 4.67. The maximum Gasteiger partial charge on any atom is 0.336 e. The molecule has 2 saturated heterocycles. The molecule has 0 spiro atoms. The van der Waals surface area contributed by atoms with Crippen LogP contribution in [0.15, 0.2) is 12.1 Å². The first-order chi connectivity index (χ1) is 10.0. The number of nitrogens with one attached hydrogen (secondary N) is 1. The minimum absolute atomic E-state index is 0.120. The molecule has 0 amide bonds. The number of carboxylic acid groups (broad SMARTS) is 1. The number of benzene rings is 1. The molecule has 0 aromatic heterocycles. The van der Waals surface area contributed by atoms with Crippen molar-refractivity contribution < 1.29 is 9.90 Å². The summed E-state index contributed by atoms with van der Waals surface area (Å²) in [5.74, 6) is -0.870. The van der Waals surface area contributed by atoms with Crippen molar-refractivity contribution in [3.63, 3.8) is 0 Å². The summed E-state index contributed by atoms with van der Waals surface area (Å²) in [7, 11) is 0. The van der Waals surface area contributed by atoms with Gasteiger partial charge in [0.05, 0.1) is 11.9 Å². The van der Waals surface area contributed by atoms with Crippen molar-refractivity contribution in [1.29, 1.82) is 5.41 Å². The molecule has 2 aliphatic rings. The van der Waals surface area contributed by atoms with Gasteiger partial charge in [-0.25, -0.2) is 4.79 Å². The van der Waals surface area contributed by atoms with Crippen LogP contribution in [0.4, 0.5) is 0 Å². The van der Waals surface area contributed by atoms with E-state index in [0.717, 1.165) is 25.7 Å². The lowest BCUT2D eigenvalue weighted by Crippen LogP contribution is -2.41. The first-order valence-electron chi connectivity index (χ1n) is 7.01. The number of carbonyl (C=O) groups is 1. The van der Waals surface area contributed by atoms with Crippen LogP contribution in [-0.2, 0) is 0 Å². The van der Waals surface area contributed by atoms with Gasteiger partial charge in [-0.15, -0.1) is 0 Å². The number of rotatable bonds is 3. The Bertz CT molecular complexity index is 592. The Morgan fingerprint density at radius 1 is 1.29 bits per heavy atom. The average Bonchev–Trinajstić information content (AvgIpc) is 2.66. The van der Waals surface area contributed by atoms with Crippen LogP contribution in [0.2, 0.25) is 10.0 Å². The van der Waals surface area contributed by atoms with E-state index < -0.39 is 5.97 Å². The molecule has 21 heavy (non-hydrogen) atoms. The number of carboxylic acids is 1. The fraction of sp³-hybridized carbons (Fsp3) is 0.467. The van der Waals surface area contributed by atoms with E-state index in [4.69, 9.17) is 28.6 Å². The lowest BCUT2D eigenvalue weighted by molar-refractivity contribution is 0.0694. The lowest BCUT2D eigenvalue weighted by atomic mass is 9.83. The van der Waals surface area contributed by atoms with Gasteiger partial charge in [-0.2, -0.15) is 0 Å². The van der Waals surface area contributed by atoms with E-state index in [1.54, 1.807) is 6.07 Å². The summed E-state index contributed by atoms with van der Waals surface area (Å²) in [4.78, 5) is 13.6. The van der Waals surface area contributed by atoms with Crippen LogP contribution < -0.4 is 0 Å². The smallest absolute Gasteiger partial charge is 0.336 e. The number of hydrogen-bond acceptors (Lipinski definition) is 2. The van der Waals surface area contributed by atoms with Gasteiger partial charge in [0.1, 0.15) is 0 Å². The molecule has 2 atom stereocenters. The van der Waals surface area contributed by atoms with Crippen molar-refractivity contribution in [2.24, 2.45) is 0 Å². The van der Waals surface area contributed by atoms with Crippen LogP contribution in [-0.4, -0.2) is 34.4 Å². The monoisotopic (exact) mass is 326 g/mol. The van der Waals surface area contributed by atoms with E-state index in [1.807, 2.05) is 0 Å². The molecule has 4 nitrogen and oxygen atoms in total. The summed E-state index contributed by atoms with van der Waals surface area (Å²) in [5.41, 5.74) is 0.912. The second-order valence-corrected chi connectivity index (χ2v) is 6.63. The van der Waals surface area contributed by atoms with Crippen LogP contribution in [0, 0.1) is 5.41 Å². The Balaban J connectivity index is 1.99. The number of nitrogens with zero attached hydrogens (tertiary/aromatic N) is 1. The molecule has 2 fully saturated rings. The molecular weight excluding hydrogens is 311 g/mol. The predicted octanol–water partition coefficient (Wildman–Crippen LogP) is 4.01. The van der Waals surface area contributed by atoms with Gasteiger partial charge in [-0.05, 0) is 49.3 Å². The molecule has 0 aliphatic carbocycles. The number of halogens is 2. The molecule has 1 aromatic rings. The summed E-state index contributed by atoms with van der Waals surface area (Å²) < 4.78 is 0. The van der Waals surface area contributed by atoms with E-state index in [0.29, 0.717) is 27.7 Å². The van der Waals surface area contributed by atoms with Crippen molar-refractivity contribution in [2.75, 3.05) is 0 Å². The van der Waals surface area contributed by atoms with Crippen LogP contribution in [0.1, 0.15) is 47.5 Å². The van der Waals surface area contributed by atoms with Crippen LogP contribution in [0.5, 0.6) is 0 Å². The maximum absolute atomic E-state index is 11.5. The summed E-state index contributed by atoms with van der Waals surface area (Å²) in [6.45, 7) is 0. The first-order valence-corrected chi connectivity index (χ1v) is 7.77. The lowest BCUT2D eigenvalue weighted by Gasteiger charge is -2.38. The van der Waals surface area contributed by atoms with Gasteiger partial charge in [0.2, 0.25) is 0 Å².